The van der Waals surface area contributed by atoms with Gasteiger partial charge < -0.3 is 10.2 Å². The molecule has 0 saturated heterocycles. The van der Waals surface area contributed by atoms with Crippen LogP contribution in [0.3, 0.4) is 0 Å². The van der Waals surface area contributed by atoms with Gasteiger partial charge in [-0.15, -0.1) is 0 Å². The van der Waals surface area contributed by atoms with E-state index in [0.717, 1.165) is 11.8 Å². The summed E-state index contributed by atoms with van der Waals surface area (Å²) >= 11 is 0. The van der Waals surface area contributed by atoms with Gasteiger partial charge in [0.2, 0.25) is 5.69 Å². The number of aromatic nitrogens is 2. The van der Waals surface area contributed by atoms with Gasteiger partial charge in [-0.1, -0.05) is 0 Å². The second-order valence-electron chi connectivity index (χ2n) is 6.57. The quantitative estimate of drug-likeness (QED) is 0.857. The number of hydrogen-bond donors (Lipinski definition) is 2. The molecule has 4 aliphatic rings. The Hall–Kier alpha value is -1.52. The fourth-order valence-corrected chi connectivity index (χ4v) is 5.02. The average Bonchev–Trinajstić information content (AvgIpc) is 2.69. The average molecular weight is 262 g/mol. The van der Waals surface area contributed by atoms with Crippen molar-refractivity contribution in [3.05, 3.63) is 11.9 Å². The third kappa shape index (κ3) is 1.60. The van der Waals surface area contributed by atoms with Gasteiger partial charge in [-0.05, 0) is 55.8 Å². The number of aromatic carboxylic acids is 1. The van der Waals surface area contributed by atoms with Crippen molar-refractivity contribution in [3.63, 3.8) is 0 Å². The molecular weight excluding hydrogens is 244 g/mol. The normalized spacial score (nSPS) is 39.7. The Bertz CT molecular complexity index is 509. The molecule has 1 aromatic rings. The zero-order valence-corrected chi connectivity index (χ0v) is 10.7. The van der Waals surface area contributed by atoms with Crippen molar-refractivity contribution in [2.75, 3.05) is 0 Å². The molecule has 4 saturated carbocycles. The number of hydrogen-bond acceptors (Lipinski definition) is 3. The zero-order chi connectivity index (χ0) is 13.1. The molecule has 0 atom stereocenters. The third-order valence-electron chi connectivity index (χ3n) is 5.40. The molecule has 0 aromatic carbocycles. The minimum atomic E-state index is -1.15. The van der Waals surface area contributed by atoms with Crippen molar-refractivity contribution in [1.82, 2.24) is 9.78 Å². The van der Waals surface area contributed by atoms with Crippen molar-refractivity contribution in [2.45, 2.75) is 38.1 Å². The lowest BCUT2D eigenvalue weighted by atomic mass is 9.54. The minimum absolute atomic E-state index is 0.207. The summed E-state index contributed by atoms with van der Waals surface area (Å²) in [5.74, 6) is 1.64. The fourth-order valence-electron chi connectivity index (χ4n) is 5.02. The molecule has 4 bridgehead atoms. The smallest absolute Gasteiger partial charge is 0.360 e. The van der Waals surface area contributed by atoms with Gasteiger partial charge >= 0.3 is 5.97 Å². The lowest BCUT2D eigenvalue weighted by molar-refractivity contribution is -0.0338. The molecule has 2 N–H and O–H groups in total. The van der Waals surface area contributed by atoms with Gasteiger partial charge in [0, 0.05) is 0 Å². The van der Waals surface area contributed by atoms with Crippen LogP contribution in [0.5, 0.6) is 5.75 Å². The van der Waals surface area contributed by atoms with Crippen molar-refractivity contribution in [3.8, 4) is 5.75 Å². The summed E-state index contributed by atoms with van der Waals surface area (Å²) in [6.45, 7) is 0. The maximum atomic E-state index is 11.0. The van der Waals surface area contributed by atoms with E-state index in [4.69, 9.17) is 5.11 Å². The number of carboxylic acid groups (broad SMARTS) is 1. The lowest BCUT2D eigenvalue weighted by Gasteiger charge is -2.54. The van der Waals surface area contributed by atoms with Crippen molar-refractivity contribution in [2.24, 2.45) is 23.7 Å². The number of rotatable bonds is 2. The Morgan fingerprint density at radius 2 is 1.74 bits per heavy atom. The summed E-state index contributed by atoms with van der Waals surface area (Å²) in [5, 5.41) is 22.8. The van der Waals surface area contributed by atoms with E-state index in [1.807, 2.05) is 0 Å². The highest BCUT2D eigenvalue weighted by atomic mass is 16.4. The maximum Gasteiger partial charge on any atom is 0.360 e. The van der Waals surface area contributed by atoms with Crippen LogP contribution in [0.25, 0.3) is 0 Å². The highest BCUT2D eigenvalue weighted by Crippen LogP contribution is 2.58. The van der Waals surface area contributed by atoms with Gasteiger partial charge in [0.25, 0.3) is 0 Å². The fraction of sp³-hybridized carbons (Fsp3) is 0.714. The summed E-state index contributed by atoms with van der Waals surface area (Å²) in [4.78, 5) is 11.0. The highest BCUT2D eigenvalue weighted by molar-refractivity contribution is 5.88. The second-order valence-corrected chi connectivity index (χ2v) is 6.57. The monoisotopic (exact) mass is 262 g/mol. The van der Waals surface area contributed by atoms with E-state index in [9.17, 15) is 9.90 Å². The van der Waals surface area contributed by atoms with Crippen LogP contribution in [-0.2, 0) is 0 Å². The summed E-state index contributed by atoms with van der Waals surface area (Å²) in [6, 6.07) is 0.298. The first kappa shape index (κ1) is 11.3. The van der Waals surface area contributed by atoms with E-state index in [1.165, 1.54) is 38.3 Å². The molecule has 0 spiro atoms. The Balaban J connectivity index is 1.69. The first-order valence-electron chi connectivity index (χ1n) is 7.13. The molecule has 0 amide bonds. The summed E-state index contributed by atoms with van der Waals surface area (Å²) in [7, 11) is 0. The topological polar surface area (TPSA) is 75.3 Å². The van der Waals surface area contributed by atoms with Crippen LogP contribution < -0.4 is 0 Å². The van der Waals surface area contributed by atoms with Crippen LogP contribution in [0.15, 0.2) is 6.20 Å². The molecule has 0 aliphatic heterocycles. The molecule has 19 heavy (non-hydrogen) atoms. The Morgan fingerprint density at radius 3 is 2.21 bits per heavy atom. The molecule has 5 rings (SSSR count). The predicted octanol–water partition coefficient (Wildman–Crippen LogP) is 2.28. The first-order valence-corrected chi connectivity index (χ1v) is 7.13. The van der Waals surface area contributed by atoms with Crippen LogP contribution >= 0.6 is 0 Å². The molecule has 0 radical (unpaired) electrons. The molecule has 5 nitrogen and oxygen atoms in total. The van der Waals surface area contributed by atoms with Gasteiger partial charge in [0.05, 0.1) is 12.2 Å². The molecule has 4 aliphatic carbocycles. The number of aromatic hydroxyl groups is 1. The van der Waals surface area contributed by atoms with E-state index in [0.29, 0.717) is 17.9 Å². The van der Waals surface area contributed by atoms with Crippen LogP contribution in [0, 0.1) is 23.7 Å². The number of carboxylic acids is 1. The largest absolute Gasteiger partial charge is 0.504 e. The summed E-state index contributed by atoms with van der Waals surface area (Å²) in [6.07, 6.45) is 7.91. The van der Waals surface area contributed by atoms with Crippen LogP contribution in [0.1, 0.15) is 48.6 Å². The van der Waals surface area contributed by atoms with Gasteiger partial charge in [0.1, 0.15) is 0 Å². The van der Waals surface area contributed by atoms with Crippen LogP contribution in [0.2, 0.25) is 0 Å². The van der Waals surface area contributed by atoms with Crippen molar-refractivity contribution < 1.29 is 15.0 Å². The minimum Gasteiger partial charge on any atom is -0.504 e. The maximum absolute atomic E-state index is 11.0. The van der Waals surface area contributed by atoms with E-state index in [2.05, 4.69) is 5.10 Å². The van der Waals surface area contributed by atoms with Gasteiger partial charge in [-0.25, -0.2) is 4.79 Å². The Labute approximate surface area is 111 Å². The van der Waals surface area contributed by atoms with Crippen molar-refractivity contribution >= 4 is 5.97 Å². The zero-order valence-electron chi connectivity index (χ0n) is 10.7. The Kier molecular flexibility index (Phi) is 2.23. The highest BCUT2D eigenvalue weighted by Gasteiger charge is 2.49. The van der Waals surface area contributed by atoms with E-state index < -0.39 is 5.97 Å². The van der Waals surface area contributed by atoms with Gasteiger partial charge in [0.15, 0.2) is 5.75 Å². The van der Waals surface area contributed by atoms with E-state index in [1.54, 1.807) is 4.68 Å². The molecule has 102 valence electrons. The van der Waals surface area contributed by atoms with E-state index in [-0.39, 0.29) is 11.4 Å². The molecule has 1 heterocycles. The molecule has 4 fully saturated rings. The molecular formula is C14H18N2O3. The SMILES string of the molecule is O=C(O)c1nn(C2C3CC4CC(C3)CC2C4)cc1O. The molecule has 0 unspecified atom stereocenters. The lowest BCUT2D eigenvalue weighted by Crippen LogP contribution is -2.46. The standard InChI is InChI=1S/C14H18N2O3/c17-11-6-16(15-12(11)14(18)19)13-9-2-7-1-8(4-9)5-10(13)3-7/h6-10,13,17H,1-5H2,(H,18,19). The summed E-state index contributed by atoms with van der Waals surface area (Å²) in [5.41, 5.74) is -0.214. The Morgan fingerprint density at radius 1 is 1.16 bits per heavy atom. The summed E-state index contributed by atoms with van der Waals surface area (Å²) < 4.78 is 1.74. The van der Waals surface area contributed by atoms with Crippen LogP contribution in [0.4, 0.5) is 0 Å². The number of carbonyl (C=O) groups is 1. The molecule has 1 aromatic heterocycles. The van der Waals surface area contributed by atoms with Crippen molar-refractivity contribution in [1.29, 1.82) is 0 Å². The second kappa shape index (κ2) is 3.74. The first-order chi connectivity index (χ1) is 9.11. The van der Waals surface area contributed by atoms with E-state index >= 15 is 0 Å². The van der Waals surface area contributed by atoms with Gasteiger partial charge in [-0.3, -0.25) is 4.68 Å². The number of nitrogens with zero attached hydrogens (tertiary/aromatic N) is 2. The third-order valence-corrected chi connectivity index (χ3v) is 5.40. The van der Waals surface area contributed by atoms with Gasteiger partial charge in [-0.2, -0.15) is 5.10 Å². The molecule has 5 heteroatoms. The van der Waals surface area contributed by atoms with Crippen LogP contribution in [-0.4, -0.2) is 26.0 Å². The predicted molar refractivity (Wildman–Crippen MR) is 66.9 cm³/mol.